The third kappa shape index (κ3) is 3.37. The van der Waals surface area contributed by atoms with Crippen LogP contribution >= 0.6 is 15.9 Å². The van der Waals surface area contributed by atoms with Gasteiger partial charge in [0.2, 0.25) is 0 Å². The summed E-state index contributed by atoms with van der Waals surface area (Å²) >= 11 is 3.53. The molecule has 4 heteroatoms. The molecule has 0 saturated heterocycles. The number of amides is 1. The molecular weight excluding hydrogens is 321 g/mol. The van der Waals surface area contributed by atoms with Crippen LogP contribution in [0, 0.1) is 5.82 Å². The smallest absolute Gasteiger partial charge is 0.251 e. The van der Waals surface area contributed by atoms with Crippen LogP contribution in [0.4, 0.5) is 4.39 Å². The van der Waals surface area contributed by atoms with Crippen LogP contribution in [-0.2, 0) is 0 Å². The number of carbonyl (C=O) groups is 1. The van der Waals surface area contributed by atoms with Crippen LogP contribution in [-0.4, -0.2) is 17.3 Å². The molecule has 2 aromatic carbocycles. The molecule has 106 valence electrons. The number of halogens is 2. The normalized spacial score (nSPS) is 12.3. The first-order chi connectivity index (χ1) is 9.63. The zero-order chi connectivity index (χ0) is 14.5. The number of hydrogen-bond acceptors (Lipinski definition) is 1. The average Bonchev–Trinajstić information content (AvgIpc) is 2.47. The van der Waals surface area contributed by atoms with Gasteiger partial charge in [0.05, 0.1) is 0 Å². The number of carbonyl (C=O) groups excluding carboxylic acids is 1. The van der Waals surface area contributed by atoms with Gasteiger partial charge in [-0.25, -0.2) is 4.39 Å². The number of nitrogens with one attached hydrogen (secondary N) is 1. The minimum atomic E-state index is -0.302. The van der Waals surface area contributed by atoms with Crippen LogP contribution in [0.1, 0.15) is 30.1 Å². The second-order valence-corrected chi connectivity index (χ2v) is 5.99. The molecule has 0 aliphatic carbocycles. The van der Waals surface area contributed by atoms with Crippen LogP contribution in [0.15, 0.2) is 36.4 Å². The topological polar surface area (TPSA) is 29.1 Å². The summed E-state index contributed by atoms with van der Waals surface area (Å²) in [5.74, 6) is -0.458. The summed E-state index contributed by atoms with van der Waals surface area (Å²) in [5.41, 5.74) is 0.518. The molecule has 2 aromatic rings. The third-order valence-corrected chi connectivity index (χ3v) is 4.41. The van der Waals surface area contributed by atoms with E-state index in [9.17, 15) is 9.18 Å². The third-order valence-electron chi connectivity index (χ3n) is 3.30. The van der Waals surface area contributed by atoms with E-state index in [1.54, 1.807) is 24.3 Å². The Bertz CT molecular complexity index is 614. The lowest BCUT2D eigenvalue weighted by Gasteiger charge is -2.10. The maximum absolute atomic E-state index is 13.7. The summed E-state index contributed by atoms with van der Waals surface area (Å²) in [6, 6.07) is 9.92. The van der Waals surface area contributed by atoms with Crippen molar-refractivity contribution < 1.29 is 9.18 Å². The van der Waals surface area contributed by atoms with E-state index < -0.39 is 0 Å². The van der Waals surface area contributed by atoms with E-state index >= 15 is 0 Å². The van der Waals surface area contributed by atoms with Gasteiger partial charge in [0.25, 0.3) is 5.91 Å². The van der Waals surface area contributed by atoms with Gasteiger partial charge in [-0.05, 0) is 30.4 Å². The standard InChI is InChI=1S/C16H17BrFNO/c1-2-11(17)9-10-19-16(20)14-7-8-15(18)13-6-4-3-5-12(13)14/h3-8,11H,2,9-10H2,1H3,(H,19,20). The Labute approximate surface area is 126 Å². The van der Waals surface area contributed by atoms with Crippen LogP contribution < -0.4 is 5.32 Å². The maximum Gasteiger partial charge on any atom is 0.251 e. The molecule has 2 nitrogen and oxygen atoms in total. The predicted octanol–water partition coefficient (Wildman–Crippen LogP) is 4.27. The Morgan fingerprint density at radius 3 is 2.65 bits per heavy atom. The zero-order valence-electron chi connectivity index (χ0n) is 11.3. The van der Waals surface area contributed by atoms with Crippen LogP contribution in [0.5, 0.6) is 0 Å². The van der Waals surface area contributed by atoms with Crippen molar-refractivity contribution in [3.8, 4) is 0 Å². The number of hydrogen-bond donors (Lipinski definition) is 1. The highest BCUT2D eigenvalue weighted by Crippen LogP contribution is 2.21. The van der Waals surface area contributed by atoms with Gasteiger partial charge < -0.3 is 5.32 Å². The molecule has 1 N–H and O–H groups in total. The Morgan fingerprint density at radius 1 is 1.25 bits per heavy atom. The van der Waals surface area contributed by atoms with Gasteiger partial charge in [0.15, 0.2) is 0 Å². The lowest BCUT2D eigenvalue weighted by atomic mass is 10.0. The summed E-state index contributed by atoms with van der Waals surface area (Å²) in [7, 11) is 0. The average molecular weight is 338 g/mol. The second kappa shape index (κ2) is 6.84. The summed E-state index contributed by atoms with van der Waals surface area (Å²) in [6.07, 6.45) is 1.90. The molecule has 0 saturated carbocycles. The molecule has 2 rings (SSSR count). The minimum absolute atomic E-state index is 0.156. The van der Waals surface area contributed by atoms with Gasteiger partial charge in [-0.3, -0.25) is 4.79 Å². The molecular formula is C16H17BrFNO. The van der Waals surface area contributed by atoms with Gasteiger partial charge in [-0.2, -0.15) is 0 Å². The SMILES string of the molecule is CCC(Br)CCNC(=O)c1ccc(F)c2ccccc12. The molecule has 0 radical (unpaired) electrons. The van der Waals surface area contributed by atoms with Gasteiger partial charge >= 0.3 is 0 Å². The largest absolute Gasteiger partial charge is 0.352 e. The fourth-order valence-electron chi connectivity index (χ4n) is 2.10. The lowest BCUT2D eigenvalue weighted by Crippen LogP contribution is -2.26. The van der Waals surface area contributed by atoms with E-state index in [1.807, 2.05) is 6.07 Å². The monoisotopic (exact) mass is 337 g/mol. The quantitative estimate of drug-likeness (QED) is 0.811. The van der Waals surface area contributed by atoms with Crippen molar-refractivity contribution in [2.24, 2.45) is 0 Å². The van der Waals surface area contributed by atoms with Crippen LogP contribution in [0.2, 0.25) is 0 Å². The molecule has 1 amide bonds. The van der Waals surface area contributed by atoms with E-state index in [1.165, 1.54) is 6.07 Å². The highest BCUT2D eigenvalue weighted by molar-refractivity contribution is 9.09. The van der Waals surface area contributed by atoms with E-state index in [2.05, 4.69) is 28.2 Å². The van der Waals surface area contributed by atoms with Crippen LogP contribution in [0.3, 0.4) is 0 Å². The number of benzene rings is 2. The molecule has 20 heavy (non-hydrogen) atoms. The van der Waals surface area contributed by atoms with E-state index in [-0.39, 0.29) is 11.7 Å². The number of rotatable bonds is 5. The second-order valence-electron chi connectivity index (χ2n) is 4.69. The van der Waals surface area contributed by atoms with Crippen molar-refractivity contribution in [1.29, 1.82) is 0 Å². The van der Waals surface area contributed by atoms with E-state index in [0.29, 0.717) is 27.7 Å². The molecule has 0 aliphatic heterocycles. The van der Waals surface area contributed by atoms with Crippen molar-refractivity contribution in [1.82, 2.24) is 5.32 Å². The van der Waals surface area contributed by atoms with Crippen molar-refractivity contribution >= 4 is 32.6 Å². The summed E-state index contributed by atoms with van der Waals surface area (Å²) in [6.45, 7) is 2.70. The Hall–Kier alpha value is -1.42. The molecule has 0 aromatic heterocycles. The maximum atomic E-state index is 13.7. The van der Waals surface area contributed by atoms with Gasteiger partial charge in [-0.1, -0.05) is 47.1 Å². The molecule has 1 atom stereocenters. The van der Waals surface area contributed by atoms with E-state index in [0.717, 1.165) is 12.8 Å². The Balaban J connectivity index is 2.16. The Morgan fingerprint density at radius 2 is 1.95 bits per heavy atom. The molecule has 0 aliphatic rings. The summed E-state index contributed by atoms with van der Waals surface area (Å²) < 4.78 is 13.7. The summed E-state index contributed by atoms with van der Waals surface area (Å²) in [4.78, 5) is 12.6. The predicted molar refractivity (Wildman–Crippen MR) is 83.9 cm³/mol. The first kappa shape index (κ1) is 15.0. The Kier molecular flexibility index (Phi) is 5.12. The minimum Gasteiger partial charge on any atom is -0.352 e. The lowest BCUT2D eigenvalue weighted by molar-refractivity contribution is 0.0955. The zero-order valence-corrected chi connectivity index (χ0v) is 12.9. The molecule has 0 spiro atoms. The fraction of sp³-hybridized carbons (Fsp3) is 0.312. The molecule has 0 heterocycles. The van der Waals surface area contributed by atoms with Crippen LogP contribution in [0.25, 0.3) is 10.8 Å². The fourth-order valence-corrected chi connectivity index (χ4v) is 2.33. The van der Waals surface area contributed by atoms with Gasteiger partial charge in [0.1, 0.15) is 5.82 Å². The van der Waals surface area contributed by atoms with Gasteiger partial charge in [0, 0.05) is 22.3 Å². The van der Waals surface area contributed by atoms with Crippen molar-refractivity contribution in [3.63, 3.8) is 0 Å². The first-order valence-electron chi connectivity index (χ1n) is 6.73. The number of fused-ring (bicyclic) bond motifs is 1. The molecule has 0 fully saturated rings. The highest BCUT2D eigenvalue weighted by Gasteiger charge is 2.12. The highest BCUT2D eigenvalue weighted by atomic mass is 79.9. The van der Waals surface area contributed by atoms with Crippen molar-refractivity contribution in [2.75, 3.05) is 6.54 Å². The van der Waals surface area contributed by atoms with Crippen molar-refractivity contribution in [3.05, 3.63) is 47.8 Å². The van der Waals surface area contributed by atoms with E-state index in [4.69, 9.17) is 0 Å². The molecule has 1 unspecified atom stereocenters. The first-order valence-corrected chi connectivity index (χ1v) is 7.64. The molecule has 0 bridgehead atoms. The van der Waals surface area contributed by atoms with Gasteiger partial charge in [-0.15, -0.1) is 0 Å². The number of alkyl halides is 1. The summed E-state index contributed by atoms with van der Waals surface area (Å²) in [5, 5.41) is 4.01. The van der Waals surface area contributed by atoms with Crippen molar-refractivity contribution in [2.45, 2.75) is 24.6 Å².